The fraction of sp³-hybridized carbons (Fsp3) is 0. The predicted molar refractivity (Wildman–Crippen MR) is 93.1 cm³/mol. The van der Waals surface area contributed by atoms with Gasteiger partial charge in [-0.2, -0.15) is 0 Å². The molecule has 0 atom stereocenters. The van der Waals surface area contributed by atoms with Crippen LogP contribution in [-0.2, 0) is 10.0 Å². The number of sulfonamides is 1. The van der Waals surface area contributed by atoms with E-state index >= 15 is 0 Å². The zero-order valence-electron chi connectivity index (χ0n) is 12.9. The lowest BCUT2D eigenvalue weighted by atomic mass is 9.96. The number of benzene rings is 2. The van der Waals surface area contributed by atoms with E-state index in [1.165, 1.54) is 12.1 Å². The molecule has 0 radical (unpaired) electrons. The van der Waals surface area contributed by atoms with Gasteiger partial charge in [0.15, 0.2) is 4.90 Å². The van der Waals surface area contributed by atoms with E-state index < -0.39 is 25.5 Å². The number of nitro benzene ring substituents is 1. The molecule has 1 aromatic heterocycles. The maximum Gasteiger partial charge on any atom is 0.297 e. The number of primary sulfonamides is 1. The highest BCUT2D eigenvalue weighted by Crippen LogP contribution is 2.39. The number of nitro groups is 1. The summed E-state index contributed by atoms with van der Waals surface area (Å²) in [5.41, 5.74) is 1.38. The molecule has 0 saturated heterocycles. The Morgan fingerprint density at radius 3 is 2.12 bits per heavy atom. The Labute approximate surface area is 144 Å². The molecule has 7 nitrogen and oxygen atoms in total. The molecule has 0 saturated carbocycles. The topological polar surface area (TPSA) is 116 Å². The molecule has 0 spiro atoms. The number of nitrogens with zero attached hydrogens (tertiary/aromatic N) is 2. The van der Waals surface area contributed by atoms with Crippen LogP contribution in [0.25, 0.3) is 22.4 Å². The SMILES string of the molecule is NS(=O)(=O)c1cccc(-c2ccccc2-c2ccccn2)c1[N+](=O)[O-]. The van der Waals surface area contributed by atoms with Crippen molar-refractivity contribution in [2.45, 2.75) is 4.90 Å². The van der Waals surface area contributed by atoms with Crippen molar-refractivity contribution in [2.75, 3.05) is 0 Å². The fourth-order valence-electron chi connectivity index (χ4n) is 2.62. The van der Waals surface area contributed by atoms with E-state index in [1.807, 2.05) is 0 Å². The molecule has 3 rings (SSSR count). The van der Waals surface area contributed by atoms with Crippen LogP contribution in [0.1, 0.15) is 0 Å². The summed E-state index contributed by atoms with van der Waals surface area (Å²) in [6.45, 7) is 0. The Balaban J connectivity index is 2.35. The van der Waals surface area contributed by atoms with Gasteiger partial charge in [0.2, 0.25) is 10.0 Å². The largest absolute Gasteiger partial charge is 0.297 e. The van der Waals surface area contributed by atoms with Gasteiger partial charge in [0.1, 0.15) is 0 Å². The second-order valence-corrected chi connectivity index (χ2v) is 6.74. The predicted octanol–water partition coefficient (Wildman–Crippen LogP) is 2.97. The van der Waals surface area contributed by atoms with Gasteiger partial charge in [0.05, 0.1) is 16.2 Å². The second-order valence-electron chi connectivity index (χ2n) is 5.21. The maximum absolute atomic E-state index is 11.8. The molecular formula is C17H13N3O4S. The summed E-state index contributed by atoms with van der Waals surface area (Å²) in [6.07, 6.45) is 1.61. The number of pyridine rings is 1. The van der Waals surface area contributed by atoms with E-state index in [1.54, 1.807) is 48.7 Å². The number of hydrogen-bond donors (Lipinski definition) is 1. The summed E-state index contributed by atoms with van der Waals surface area (Å²) < 4.78 is 23.5. The second kappa shape index (κ2) is 6.42. The van der Waals surface area contributed by atoms with E-state index in [9.17, 15) is 18.5 Å². The van der Waals surface area contributed by atoms with Crippen LogP contribution in [0.5, 0.6) is 0 Å². The molecule has 0 amide bonds. The van der Waals surface area contributed by atoms with E-state index in [4.69, 9.17) is 5.14 Å². The first kappa shape index (κ1) is 16.7. The zero-order valence-corrected chi connectivity index (χ0v) is 13.7. The van der Waals surface area contributed by atoms with Crippen LogP contribution < -0.4 is 5.14 Å². The Bertz CT molecular complexity index is 1050. The van der Waals surface area contributed by atoms with Crippen LogP contribution >= 0.6 is 0 Å². The lowest BCUT2D eigenvalue weighted by Crippen LogP contribution is -2.14. The lowest BCUT2D eigenvalue weighted by molar-refractivity contribution is -0.387. The fourth-order valence-corrected chi connectivity index (χ4v) is 3.34. The minimum Gasteiger partial charge on any atom is -0.258 e. The summed E-state index contributed by atoms with van der Waals surface area (Å²) >= 11 is 0. The first-order valence-electron chi connectivity index (χ1n) is 7.20. The van der Waals surface area contributed by atoms with Crippen LogP contribution in [0.15, 0.2) is 71.8 Å². The quantitative estimate of drug-likeness (QED) is 0.570. The van der Waals surface area contributed by atoms with Gasteiger partial charge in [-0.1, -0.05) is 36.4 Å². The molecule has 0 aliphatic carbocycles. The molecule has 8 heteroatoms. The number of para-hydroxylation sites is 1. The van der Waals surface area contributed by atoms with Crippen molar-refractivity contribution >= 4 is 15.7 Å². The number of nitrogens with two attached hydrogens (primary N) is 1. The molecule has 25 heavy (non-hydrogen) atoms. The molecule has 0 unspecified atom stereocenters. The van der Waals surface area contributed by atoms with Crippen molar-refractivity contribution < 1.29 is 13.3 Å². The average Bonchev–Trinajstić information content (AvgIpc) is 2.61. The lowest BCUT2D eigenvalue weighted by Gasteiger charge is -2.11. The first-order valence-corrected chi connectivity index (χ1v) is 8.75. The van der Waals surface area contributed by atoms with Crippen molar-refractivity contribution in [3.05, 3.63) is 77.0 Å². The maximum atomic E-state index is 11.8. The van der Waals surface area contributed by atoms with E-state index in [2.05, 4.69) is 4.98 Å². The minimum absolute atomic E-state index is 0.165. The third-order valence-corrected chi connectivity index (χ3v) is 4.59. The summed E-state index contributed by atoms with van der Waals surface area (Å²) in [7, 11) is -4.24. The number of rotatable bonds is 4. The van der Waals surface area contributed by atoms with Crippen molar-refractivity contribution in [1.82, 2.24) is 4.98 Å². The van der Waals surface area contributed by atoms with Gasteiger partial charge >= 0.3 is 0 Å². The Morgan fingerprint density at radius 1 is 0.880 bits per heavy atom. The highest BCUT2D eigenvalue weighted by Gasteiger charge is 2.28. The van der Waals surface area contributed by atoms with Crippen LogP contribution in [0.2, 0.25) is 0 Å². The van der Waals surface area contributed by atoms with Crippen molar-refractivity contribution in [1.29, 1.82) is 0 Å². The molecule has 0 fully saturated rings. The highest BCUT2D eigenvalue weighted by atomic mass is 32.2. The zero-order chi connectivity index (χ0) is 18.0. The van der Waals surface area contributed by atoms with E-state index in [0.717, 1.165) is 6.07 Å². The van der Waals surface area contributed by atoms with Gasteiger partial charge in [-0.3, -0.25) is 15.1 Å². The van der Waals surface area contributed by atoms with Crippen molar-refractivity contribution in [3.63, 3.8) is 0 Å². The van der Waals surface area contributed by atoms with Gasteiger partial charge in [0.25, 0.3) is 5.69 Å². The Kier molecular flexibility index (Phi) is 4.30. The molecule has 3 aromatic rings. The monoisotopic (exact) mass is 355 g/mol. The van der Waals surface area contributed by atoms with Crippen LogP contribution in [0, 0.1) is 10.1 Å². The minimum atomic E-state index is -4.24. The normalized spacial score (nSPS) is 11.2. The molecule has 0 aliphatic heterocycles. The molecule has 2 N–H and O–H groups in total. The first-order chi connectivity index (χ1) is 11.9. The smallest absolute Gasteiger partial charge is 0.258 e. The Morgan fingerprint density at radius 2 is 1.52 bits per heavy atom. The number of aromatic nitrogens is 1. The Hall–Kier alpha value is -3.10. The standard InChI is InChI=1S/C17H13N3O4S/c18-25(23,24)16-10-5-8-14(17(16)20(21)22)12-6-1-2-7-13(12)15-9-3-4-11-19-15/h1-11H,(H2,18,23,24). The molecule has 126 valence electrons. The van der Waals surface area contributed by atoms with Crippen LogP contribution in [0.4, 0.5) is 5.69 Å². The third-order valence-electron chi connectivity index (χ3n) is 3.65. The van der Waals surface area contributed by atoms with Crippen LogP contribution in [0.3, 0.4) is 0 Å². The van der Waals surface area contributed by atoms with Gasteiger partial charge in [-0.15, -0.1) is 0 Å². The highest BCUT2D eigenvalue weighted by molar-refractivity contribution is 7.89. The van der Waals surface area contributed by atoms with Gasteiger partial charge < -0.3 is 0 Å². The molecular weight excluding hydrogens is 342 g/mol. The van der Waals surface area contributed by atoms with E-state index in [0.29, 0.717) is 16.8 Å². The summed E-state index contributed by atoms with van der Waals surface area (Å²) in [5, 5.41) is 16.7. The number of hydrogen-bond acceptors (Lipinski definition) is 5. The summed E-state index contributed by atoms with van der Waals surface area (Å²) in [4.78, 5) is 14.6. The molecule has 0 aliphatic rings. The van der Waals surface area contributed by atoms with Crippen molar-refractivity contribution in [3.8, 4) is 22.4 Å². The van der Waals surface area contributed by atoms with Gasteiger partial charge in [-0.25, -0.2) is 13.6 Å². The van der Waals surface area contributed by atoms with E-state index in [-0.39, 0.29) is 5.56 Å². The summed E-state index contributed by atoms with van der Waals surface area (Å²) in [6, 6.07) is 16.3. The third kappa shape index (κ3) is 3.25. The molecule has 1 heterocycles. The summed E-state index contributed by atoms with van der Waals surface area (Å²) in [5.74, 6) is 0. The molecule has 0 bridgehead atoms. The average molecular weight is 355 g/mol. The van der Waals surface area contributed by atoms with Gasteiger partial charge in [0, 0.05) is 11.8 Å². The van der Waals surface area contributed by atoms with Crippen molar-refractivity contribution in [2.24, 2.45) is 5.14 Å². The molecule has 2 aromatic carbocycles. The van der Waals surface area contributed by atoms with Gasteiger partial charge in [-0.05, 0) is 29.8 Å². The van der Waals surface area contributed by atoms with Crippen LogP contribution in [-0.4, -0.2) is 18.3 Å².